The molecule has 484 valence electrons. The summed E-state index contributed by atoms with van der Waals surface area (Å²) in [5, 5.41) is 31.6. The topological polar surface area (TPSA) is 418 Å². The van der Waals surface area contributed by atoms with E-state index in [9.17, 15) is 53.1 Å². The van der Waals surface area contributed by atoms with Gasteiger partial charge in [0.15, 0.2) is 34.8 Å². The molecule has 0 radical (unpaired) electrons. The molecule has 6 atom stereocenters. The highest BCUT2D eigenvalue weighted by molar-refractivity contribution is 5.97. The highest BCUT2D eigenvalue weighted by atomic mass is 16.3. The van der Waals surface area contributed by atoms with Crippen LogP contribution in [0.15, 0.2) is 39.5 Å². The smallest absolute Gasteiger partial charge is 0.239 e. The Balaban J connectivity index is 2.22. The molecule has 24 heteroatoms. The second-order valence-electron chi connectivity index (χ2n) is 23.2. The quantitative estimate of drug-likeness (QED) is 0.0233. The lowest BCUT2D eigenvalue weighted by Crippen LogP contribution is -2.49. The van der Waals surface area contributed by atoms with Crippen LogP contribution in [0.4, 0.5) is 0 Å². The molecule has 2 rings (SSSR count). The second kappa shape index (κ2) is 43.9. The van der Waals surface area contributed by atoms with Gasteiger partial charge in [0.1, 0.15) is 5.75 Å². The van der Waals surface area contributed by atoms with Crippen LogP contribution in [0.2, 0.25) is 0 Å². The largest absolute Gasteiger partial charge is 0.508 e. The van der Waals surface area contributed by atoms with E-state index in [0.29, 0.717) is 50.6 Å². The van der Waals surface area contributed by atoms with E-state index >= 15 is 0 Å². The number of phenolic OH excluding ortho intramolecular Hbond substituents is 1. The van der Waals surface area contributed by atoms with Crippen LogP contribution in [-0.2, 0) is 54.4 Å². The number of carbonyl (C=O) groups is 10. The van der Waals surface area contributed by atoms with Crippen LogP contribution in [0.3, 0.4) is 0 Å². The fraction of sp³-hybridized carbons (Fsp3) is 0.726. The van der Waals surface area contributed by atoms with Gasteiger partial charge in [-0.2, -0.15) is 10.2 Å². The van der Waals surface area contributed by atoms with Gasteiger partial charge in [-0.15, -0.1) is 0 Å². The molecule has 0 saturated carbocycles. The van der Waals surface area contributed by atoms with Crippen molar-refractivity contribution in [2.24, 2.45) is 61.6 Å². The molecule has 24 nitrogen and oxygen atoms in total. The average molecular weight is 1210 g/mol. The molecule has 1 aliphatic heterocycles. The second-order valence-corrected chi connectivity index (χ2v) is 23.2. The lowest BCUT2D eigenvalue weighted by atomic mass is 9.87. The number of nitrogens with one attached hydrogen (secondary N) is 5. The molecule has 6 amide bonds. The Hall–Kier alpha value is -6.69. The van der Waals surface area contributed by atoms with E-state index < -0.39 is 108 Å². The maximum atomic E-state index is 14.5. The number of amides is 6. The predicted octanol–water partition coefficient (Wildman–Crippen LogP) is 4.96. The highest BCUT2D eigenvalue weighted by Crippen LogP contribution is 2.36. The zero-order valence-corrected chi connectivity index (χ0v) is 51.8. The molecule has 86 heavy (non-hydrogen) atoms. The lowest BCUT2D eigenvalue weighted by Gasteiger charge is -2.26. The monoisotopic (exact) mass is 1210 g/mol. The van der Waals surface area contributed by atoms with Gasteiger partial charge in [-0.25, -0.2) is 0 Å². The van der Waals surface area contributed by atoms with Crippen LogP contribution in [-0.4, -0.2) is 126 Å². The number of Topliss-reactive ketones (excluding diaryl/α,β-unsaturated/α-hetero) is 4. The summed E-state index contributed by atoms with van der Waals surface area (Å²) in [5.74, 6) is -8.82. The minimum atomic E-state index is -1.36. The summed E-state index contributed by atoms with van der Waals surface area (Å²) in [6.45, 7) is 5.60. The molecular formula is C62H105N13O11. The van der Waals surface area contributed by atoms with Gasteiger partial charge in [-0.1, -0.05) is 109 Å². The van der Waals surface area contributed by atoms with E-state index in [1.54, 1.807) is 26.0 Å². The fourth-order valence-corrected chi connectivity index (χ4v) is 10.2. The zero-order chi connectivity index (χ0) is 63.7. The third kappa shape index (κ3) is 34.5. The van der Waals surface area contributed by atoms with E-state index in [2.05, 4.69) is 48.7 Å². The van der Waals surface area contributed by atoms with E-state index in [1.807, 2.05) is 0 Å². The Morgan fingerprint density at radius 3 is 1.56 bits per heavy atom. The number of unbranched alkanes of at least 4 members (excludes halogenated alkanes) is 14. The first kappa shape index (κ1) is 75.4. The Bertz CT molecular complexity index is 2320. The Morgan fingerprint density at radius 1 is 0.535 bits per heavy atom. The van der Waals surface area contributed by atoms with Gasteiger partial charge in [0.25, 0.3) is 0 Å². The summed E-state index contributed by atoms with van der Waals surface area (Å²) in [6, 6.07) is 2.58. The van der Waals surface area contributed by atoms with Crippen molar-refractivity contribution in [3.05, 3.63) is 29.8 Å². The van der Waals surface area contributed by atoms with Gasteiger partial charge in [-0.05, 0) is 102 Å². The molecule has 0 aliphatic carbocycles. The maximum Gasteiger partial charge on any atom is 0.239 e. The number of primary amides is 1. The number of hydrogen-bond donors (Lipinski definition) is 11. The minimum Gasteiger partial charge on any atom is -0.508 e. The zero-order valence-electron chi connectivity index (χ0n) is 51.8. The number of nitrogens with two attached hydrogens (primary N) is 5. The van der Waals surface area contributed by atoms with Crippen molar-refractivity contribution < 1.29 is 53.1 Å². The number of aliphatic imine (C=N–C) groups is 1. The van der Waals surface area contributed by atoms with E-state index in [1.165, 1.54) is 69.9 Å². The van der Waals surface area contributed by atoms with Crippen LogP contribution in [0.5, 0.6) is 5.75 Å². The molecule has 0 saturated heterocycles. The number of rotatable bonds is 53. The number of aromatic hydroxyl groups is 1. The molecule has 1 heterocycles. The lowest BCUT2D eigenvalue weighted by molar-refractivity contribution is -0.136. The predicted molar refractivity (Wildman–Crippen MR) is 331 cm³/mol. The van der Waals surface area contributed by atoms with Gasteiger partial charge in [0.05, 0.1) is 31.2 Å². The SMILES string of the molecule is CCCCCCCCCCCCCCCC(=O)NCC(=O)NCC(=O)C[C@@H](Cc1ccc(O)cc1)C(=O)N[C@@H](CCC(N)=O)C(=O)C[C@@H](CCCCN)C(=O)N[C@@H](CCCCN)C(=O)C[C@@H](CC1(C)N=N1)C(=O)N[C@@H](CCCN=C(N)N)C(=O)CC. The standard InChI is InChI=1S/C62H105N13O11/c1-4-6-7-8-9-10-11-12-13-14-15-16-17-26-56(82)70-42-57(83)69-41-48(77)37-45(36-43-27-29-47(76)30-28-43)59(85)73-51(31-32-55(65)81)53(79)38-44(23-18-20-33-63)58(84)72-50(24-19-21-34-64)54(80)39-46(40-62(3)74-75-62)60(86)71-49(52(78)5-2)25-22-35-68-61(66)67/h27-30,44-46,49-51,76H,4-26,31-42,63-64H2,1-3H3,(H2,65,81)(H,69,83)(H,70,82)(H,71,86)(H,72,84)(H,73,85)(H4,66,67,68)/t44-,45-,46+,49+,50+,51+/m1/s1. The Labute approximate surface area is 509 Å². The number of ketones is 4. The normalized spacial score (nSPS) is 14.3. The highest BCUT2D eigenvalue weighted by Gasteiger charge is 2.41. The summed E-state index contributed by atoms with van der Waals surface area (Å²) < 4.78 is 0. The van der Waals surface area contributed by atoms with Gasteiger partial charge >= 0.3 is 0 Å². The van der Waals surface area contributed by atoms with E-state index in [0.717, 1.165) is 19.3 Å². The number of carbonyl (C=O) groups excluding carboxylic acids is 10. The molecule has 0 spiro atoms. The molecule has 1 aromatic rings. The summed E-state index contributed by atoms with van der Waals surface area (Å²) in [7, 11) is 0. The first-order valence-electron chi connectivity index (χ1n) is 31.6. The van der Waals surface area contributed by atoms with Crippen LogP contribution in [0, 0.1) is 17.8 Å². The molecular weight excluding hydrogens is 1100 g/mol. The summed E-state index contributed by atoms with van der Waals surface area (Å²) in [5.41, 5.74) is 27.7. The summed E-state index contributed by atoms with van der Waals surface area (Å²) in [4.78, 5) is 140. The molecule has 1 aliphatic rings. The van der Waals surface area contributed by atoms with E-state index in [4.69, 9.17) is 28.7 Å². The minimum absolute atomic E-state index is 0.0368. The van der Waals surface area contributed by atoms with Crippen molar-refractivity contribution in [1.29, 1.82) is 0 Å². The third-order valence-electron chi connectivity index (χ3n) is 15.5. The van der Waals surface area contributed by atoms with Gasteiger partial charge in [-0.3, -0.25) is 52.9 Å². The first-order valence-corrected chi connectivity index (χ1v) is 31.6. The molecule has 0 unspecified atom stereocenters. The maximum absolute atomic E-state index is 14.5. The molecule has 1 aromatic carbocycles. The number of benzene rings is 1. The summed E-state index contributed by atoms with van der Waals surface area (Å²) >= 11 is 0. The van der Waals surface area contributed by atoms with Crippen molar-refractivity contribution in [1.82, 2.24) is 26.6 Å². The number of phenols is 1. The molecule has 0 fully saturated rings. The van der Waals surface area contributed by atoms with Crippen LogP contribution in [0.1, 0.15) is 213 Å². The first-order chi connectivity index (χ1) is 41.1. The third-order valence-corrected chi connectivity index (χ3v) is 15.5. The van der Waals surface area contributed by atoms with Crippen LogP contribution < -0.4 is 55.3 Å². The van der Waals surface area contributed by atoms with Crippen molar-refractivity contribution in [3.63, 3.8) is 0 Å². The van der Waals surface area contributed by atoms with Crippen molar-refractivity contribution in [2.45, 2.75) is 237 Å². The number of guanidine groups is 1. The van der Waals surface area contributed by atoms with Gasteiger partial charge in [0, 0.05) is 69.2 Å². The van der Waals surface area contributed by atoms with Crippen molar-refractivity contribution in [3.8, 4) is 5.75 Å². The molecule has 0 aromatic heterocycles. The van der Waals surface area contributed by atoms with Gasteiger partial charge in [0.2, 0.25) is 35.4 Å². The van der Waals surface area contributed by atoms with Crippen molar-refractivity contribution in [2.75, 3.05) is 32.7 Å². The van der Waals surface area contributed by atoms with Crippen LogP contribution >= 0.6 is 0 Å². The van der Waals surface area contributed by atoms with Crippen molar-refractivity contribution >= 4 is 64.5 Å². The number of nitrogens with zero attached hydrogens (tertiary/aromatic N) is 3. The Morgan fingerprint density at radius 2 is 1.02 bits per heavy atom. The summed E-state index contributed by atoms with van der Waals surface area (Å²) in [6.07, 6.45) is 16.6. The average Bonchev–Trinajstić information content (AvgIpc) is 2.48. The van der Waals surface area contributed by atoms with E-state index in [-0.39, 0.29) is 107 Å². The molecule has 16 N–H and O–H groups in total. The fourth-order valence-electron chi connectivity index (χ4n) is 10.2. The molecule has 0 bridgehead atoms. The number of hydrogen-bond acceptors (Lipinski definition) is 16. The van der Waals surface area contributed by atoms with Crippen LogP contribution in [0.25, 0.3) is 0 Å². The Kier molecular flexibility index (Phi) is 38.5. The van der Waals surface area contributed by atoms with Gasteiger partial charge < -0.3 is 60.4 Å².